The second-order valence-corrected chi connectivity index (χ2v) is 8.19. The standard InChI is InChI=1S/C21H11NS2/c1-3-7-17-12(5-1)14-9-15-13-6-2-4-8-18(13)24-21(15)16-10-22-11-19(23-17)20(14)16/h1-11H. The molecule has 24 heavy (non-hydrogen) atoms. The Labute approximate surface area is 147 Å². The molecule has 0 bridgehead atoms. The first-order valence-electron chi connectivity index (χ1n) is 7.89. The molecule has 1 aliphatic heterocycles. The predicted octanol–water partition coefficient (Wildman–Crippen LogP) is 6.73. The van der Waals surface area contributed by atoms with Crippen LogP contribution in [0, 0.1) is 0 Å². The van der Waals surface area contributed by atoms with Crippen LogP contribution >= 0.6 is 23.1 Å². The molecule has 1 nitrogen and oxygen atoms in total. The lowest BCUT2D eigenvalue weighted by molar-refractivity contribution is 1.27. The fourth-order valence-electron chi connectivity index (χ4n) is 3.70. The summed E-state index contributed by atoms with van der Waals surface area (Å²) in [7, 11) is 0. The summed E-state index contributed by atoms with van der Waals surface area (Å²) in [5.41, 5.74) is 2.68. The number of hydrogen-bond donors (Lipinski definition) is 0. The minimum absolute atomic E-state index is 1.26. The lowest BCUT2D eigenvalue weighted by Crippen LogP contribution is -1.93. The van der Waals surface area contributed by atoms with Crippen LogP contribution in [0.4, 0.5) is 0 Å². The van der Waals surface area contributed by atoms with Crippen LogP contribution < -0.4 is 0 Å². The Kier molecular flexibility index (Phi) is 2.49. The quantitative estimate of drug-likeness (QED) is 0.304. The first kappa shape index (κ1) is 13.0. The van der Waals surface area contributed by atoms with Gasteiger partial charge in [-0.25, -0.2) is 0 Å². The summed E-state index contributed by atoms with van der Waals surface area (Å²) in [4.78, 5) is 7.12. The van der Waals surface area contributed by atoms with Crippen molar-refractivity contribution in [3.8, 4) is 11.1 Å². The molecule has 0 aliphatic carbocycles. The molecule has 3 heteroatoms. The molecule has 3 aromatic carbocycles. The molecule has 1 aliphatic rings. The van der Waals surface area contributed by atoms with Crippen LogP contribution in [0.5, 0.6) is 0 Å². The van der Waals surface area contributed by atoms with Gasteiger partial charge in [-0.3, -0.25) is 4.98 Å². The van der Waals surface area contributed by atoms with Crippen molar-refractivity contribution < 1.29 is 0 Å². The Hall–Kier alpha value is -2.36. The van der Waals surface area contributed by atoms with Gasteiger partial charge < -0.3 is 0 Å². The number of benzene rings is 3. The fraction of sp³-hybridized carbons (Fsp3) is 0. The highest BCUT2D eigenvalue weighted by molar-refractivity contribution is 7.99. The van der Waals surface area contributed by atoms with E-state index in [9.17, 15) is 0 Å². The van der Waals surface area contributed by atoms with Crippen molar-refractivity contribution in [3.05, 3.63) is 67.0 Å². The van der Waals surface area contributed by atoms with Crippen molar-refractivity contribution in [2.24, 2.45) is 0 Å². The Morgan fingerprint density at radius 1 is 0.708 bits per heavy atom. The largest absolute Gasteiger partial charge is 0.263 e. The van der Waals surface area contributed by atoms with E-state index in [1.807, 2.05) is 35.5 Å². The van der Waals surface area contributed by atoms with Gasteiger partial charge in [0.1, 0.15) is 0 Å². The molecular weight excluding hydrogens is 330 g/mol. The molecule has 0 N–H and O–H groups in total. The summed E-state index contributed by atoms with van der Waals surface area (Å²) in [6, 6.07) is 19.8. The van der Waals surface area contributed by atoms with Gasteiger partial charge in [-0.05, 0) is 29.3 Å². The zero-order valence-electron chi connectivity index (χ0n) is 12.6. The fourth-order valence-corrected chi connectivity index (χ4v) is 6.01. The van der Waals surface area contributed by atoms with Gasteiger partial charge in [0.2, 0.25) is 0 Å². The van der Waals surface area contributed by atoms with Gasteiger partial charge in [0.25, 0.3) is 0 Å². The number of nitrogens with zero attached hydrogens (tertiary/aromatic N) is 1. The van der Waals surface area contributed by atoms with Crippen molar-refractivity contribution in [2.75, 3.05) is 0 Å². The summed E-state index contributed by atoms with van der Waals surface area (Å²) in [6.07, 6.45) is 4.04. The molecule has 5 aromatic rings. The average Bonchev–Trinajstić information content (AvgIpc) is 3.01. The Morgan fingerprint density at radius 2 is 1.58 bits per heavy atom. The van der Waals surface area contributed by atoms with E-state index in [4.69, 9.17) is 0 Å². The first-order valence-corrected chi connectivity index (χ1v) is 9.53. The zero-order valence-corrected chi connectivity index (χ0v) is 14.2. The van der Waals surface area contributed by atoms with Gasteiger partial charge in [-0.1, -0.05) is 48.2 Å². The SMILES string of the molecule is c1ccc2c(c1)Sc1cncc3c1c-2cc1c2ccccc2sc31. The minimum Gasteiger partial charge on any atom is -0.263 e. The van der Waals surface area contributed by atoms with Crippen LogP contribution in [0.1, 0.15) is 0 Å². The maximum atomic E-state index is 4.54. The molecule has 0 spiro atoms. The molecule has 0 unspecified atom stereocenters. The van der Waals surface area contributed by atoms with Gasteiger partial charge in [0.05, 0.1) is 0 Å². The van der Waals surface area contributed by atoms with Crippen molar-refractivity contribution >= 4 is 54.0 Å². The molecule has 3 heterocycles. The number of hydrogen-bond acceptors (Lipinski definition) is 3. The number of pyridine rings is 1. The molecule has 2 aromatic heterocycles. The Morgan fingerprint density at radius 3 is 2.58 bits per heavy atom. The third-order valence-electron chi connectivity index (χ3n) is 4.74. The Bertz CT molecular complexity index is 1280. The van der Waals surface area contributed by atoms with E-state index >= 15 is 0 Å². The number of aromatic nitrogens is 1. The minimum atomic E-state index is 1.26. The highest BCUT2D eigenvalue weighted by atomic mass is 32.2. The summed E-state index contributed by atoms with van der Waals surface area (Å²) in [5.74, 6) is 0. The van der Waals surface area contributed by atoms with Crippen molar-refractivity contribution in [1.82, 2.24) is 4.98 Å². The van der Waals surface area contributed by atoms with Gasteiger partial charge in [-0.15, -0.1) is 11.3 Å². The van der Waals surface area contributed by atoms with E-state index in [0.717, 1.165) is 0 Å². The van der Waals surface area contributed by atoms with Crippen LogP contribution in [0.25, 0.3) is 42.1 Å². The topological polar surface area (TPSA) is 12.9 Å². The maximum Gasteiger partial charge on any atom is 0.0450 e. The first-order chi connectivity index (χ1) is 11.9. The van der Waals surface area contributed by atoms with E-state index in [1.54, 1.807) is 0 Å². The lowest BCUT2D eigenvalue weighted by atomic mass is 9.96. The van der Waals surface area contributed by atoms with Crippen LogP contribution in [0.15, 0.2) is 76.8 Å². The second-order valence-electron chi connectivity index (χ2n) is 6.06. The normalized spacial score (nSPS) is 12.8. The second kappa shape index (κ2) is 4.59. The van der Waals surface area contributed by atoms with Gasteiger partial charge >= 0.3 is 0 Å². The van der Waals surface area contributed by atoms with E-state index in [-0.39, 0.29) is 0 Å². The van der Waals surface area contributed by atoms with Crippen LogP contribution in [-0.4, -0.2) is 4.98 Å². The molecule has 0 saturated heterocycles. The highest BCUT2D eigenvalue weighted by Gasteiger charge is 2.22. The zero-order chi connectivity index (χ0) is 15.7. The maximum absolute atomic E-state index is 4.54. The number of fused-ring (bicyclic) bond motifs is 6. The monoisotopic (exact) mass is 341 g/mol. The van der Waals surface area contributed by atoms with Crippen LogP contribution in [-0.2, 0) is 0 Å². The molecule has 0 radical (unpaired) electrons. The molecule has 0 amide bonds. The molecule has 6 rings (SSSR count). The van der Waals surface area contributed by atoms with Gasteiger partial charge in [0.15, 0.2) is 0 Å². The van der Waals surface area contributed by atoms with E-state index in [1.165, 1.54) is 51.9 Å². The number of rotatable bonds is 0. The molecule has 112 valence electrons. The highest BCUT2D eigenvalue weighted by Crippen LogP contribution is 2.51. The van der Waals surface area contributed by atoms with E-state index < -0.39 is 0 Å². The van der Waals surface area contributed by atoms with Crippen molar-refractivity contribution in [2.45, 2.75) is 9.79 Å². The predicted molar refractivity (Wildman–Crippen MR) is 104 cm³/mol. The molecule has 0 atom stereocenters. The Balaban J connectivity index is 1.91. The number of thiophene rings is 1. The summed E-state index contributed by atoms with van der Waals surface area (Å²) < 4.78 is 2.70. The summed E-state index contributed by atoms with van der Waals surface area (Å²) in [5, 5.41) is 5.33. The lowest BCUT2D eigenvalue weighted by Gasteiger charge is -2.20. The summed E-state index contributed by atoms with van der Waals surface area (Å²) in [6.45, 7) is 0. The smallest absolute Gasteiger partial charge is 0.0450 e. The van der Waals surface area contributed by atoms with Crippen LogP contribution in [0.2, 0.25) is 0 Å². The third-order valence-corrected chi connectivity index (χ3v) is 7.07. The summed E-state index contributed by atoms with van der Waals surface area (Å²) >= 11 is 3.71. The van der Waals surface area contributed by atoms with Crippen LogP contribution in [0.3, 0.4) is 0 Å². The van der Waals surface area contributed by atoms with Crippen molar-refractivity contribution in [3.63, 3.8) is 0 Å². The molecular formula is C21H11NS2. The molecule has 0 fully saturated rings. The average molecular weight is 341 g/mol. The van der Waals surface area contributed by atoms with Gasteiger partial charge in [-0.2, -0.15) is 0 Å². The van der Waals surface area contributed by atoms with Gasteiger partial charge in [0, 0.05) is 53.1 Å². The van der Waals surface area contributed by atoms with E-state index in [0.29, 0.717) is 0 Å². The van der Waals surface area contributed by atoms with E-state index in [2.05, 4.69) is 59.6 Å². The third kappa shape index (κ3) is 1.58. The molecule has 0 saturated carbocycles. The van der Waals surface area contributed by atoms with Crippen molar-refractivity contribution in [1.29, 1.82) is 0 Å².